The maximum Gasteiger partial charge on any atom is 0.119 e. The fourth-order valence-corrected chi connectivity index (χ4v) is 5.12. The highest BCUT2D eigenvalue weighted by Crippen LogP contribution is 2.40. The van der Waals surface area contributed by atoms with Gasteiger partial charge in [-0.1, -0.05) is 35.3 Å². The molecule has 3 nitrogen and oxygen atoms in total. The molecule has 0 amide bonds. The summed E-state index contributed by atoms with van der Waals surface area (Å²) in [7, 11) is 0. The topological polar surface area (TPSA) is 38.5 Å². The third kappa shape index (κ3) is 5.21. The Morgan fingerprint density at radius 1 is 1.03 bits per heavy atom. The van der Waals surface area contributed by atoms with Crippen LogP contribution < -0.4 is 10.5 Å². The normalized spacial score (nSPS) is 21.5. The van der Waals surface area contributed by atoms with Crippen molar-refractivity contribution in [1.29, 1.82) is 0 Å². The molecule has 2 unspecified atom stereocenters. The lowest BCUT2D eigenvalue weighted by atomic mass is 9.75. The predicted octanol–water partition coefficient (Wildman–Crippen LogP) is 5.49. The van der Waals surface area contributed by atoms with Crippen LogP contribution >= 0.6 is 35.6 Å². The summed E-state index contributed by atoms with van der Waals surface area (Å²) >= 11 is 12.4. The number of likely N-dealkylation sites (tertiary alicyclic amines) is 1. The van der Waals surface area contributed by atoms with Crippen molar-refractivity contribution in [1.82, 2.24) is 4.90 Å². The molecule has 2 aliphatic rings. The van der Waals surface area contributed by atoms with Crippen molar-refractivity contribution in [3.8, 4) is 5.75 Å². The number of fused-ring (bicyclic) bond motifs is 1. The van der Waals surface area contributed by atoms with Gasteiger partial charge in [-0.3, -0.25) is 4.90 Å². The van der Waals surface area contributed by atoms with Gasteiger partial charge in [0.1, 0.15) is 12.4 Å². The highest BCUT2D eigenvalue weighted by molar-refractivity contribution is 6.42. The molecule has 1 saturated heterocycles. The van der Waals surface area contributed by atoms with E-state index in [0.717, 1.165) is 18.6 Å². The molecule has 6 heteroatoms. The summed E-state index contributed by atoms with van der Waals surface area (Å²) in [6.07, 6.45) is 5.92. The first-order valence-electron chi connectivity index (χ1n) is 10.3. The van der Waals surface area contributed by atoms with Gasteiger partial charge in [0.25, 0.3) is 0 Å². The summed E-state index contributed by atoms with van der Waals surface area (Å²) in [5.41, 5.74) is 9.73. The summed E-state index contributed by atoms with van der Waals surface area (Å²) in [6, 6.07) is 13.2. The van der Waals surface area contributed by atoms with Gasteiger partial charge in [-0.15, -0.1) is 12.4 Å². The number of benzene rings is 2. The second-order valence-corrected chi connectivity index (χ2v) is 8.72. The van der Waals surface area contributed by atoms with Crippen LogP contribution in [0, 0.1) is 0 Å². The maximum absolute atomic E-state index is 6.30. The molecule has 1 aliphatic carbocycles. The second kappa shape index (κ2) is 10.4. The molecule has 1 heterocycles. The van der Waals surface area contributed by atoms with E-state index in [9.17, 15) is 0 Å². The average Bonchev–Trinajstić information content (AvgIpc) is 3.24. The summed E-state index contributed by atoms with van der Waals surface area (Å²) in [6.45, 7) is 3.49. The quantitative estimate of drug-likeness (QED) is 0.626. The Balaban J connectivity index is 0.00000240. The summed E-state index contributed by atoms with van der Waals surface area (Å²) in [4.78, 5) is 2.69. The molecule has 2 atom stereocenters. The smallest absolute Gasteiger partial charge is 0.119 e. The van der Waals surface area contributed by atoms with E-state index in [2.05, 4.69) is 29.2 Å². The highest BCUT2D eigenvalue weighted by Gasteiger charge is 2.35. The van der Waals surface area contributed by atoms with Gasteiger partial charge in [-0.2, -0.15) is 0 Å². The summed E-state index contributed by atoms with van der Waals surface area (Å²) in [5, 5.41) is 1.25. The summed E-state index contributed by atoms with van der Waals surface area (Å²) < 4.78 is 5.84. The lowest BCUT2D eigenvalue weighted by Crippen LogP contribution is -2.41. The minimum Gasteiger partial charge on any atom is -0.492 e. The zero-order chi connectivity index (χ0) is 19.5. The first kappa shape index (κ1) is 22.7. The zero-order valence-electron chi connectivity index (χ0n) is 16.6. The number of halogens is 3. The van der Waals surface area contributed by atoms with Gasteiger partial charge >= 0.3 is 0 Å². The molecule has 0 bridgehead atoms. The van der Waals surface area contributed by atoms with E-state index in [1.165, 1.54) is 49.0 Å². The van der Waals surface area contributed by atoms with Crippen LogP contribution in [-0.2, 0) is 12.8 Å². The van der Waals surface area contributed by atoms with Gasteiger partial charge in [0.05, 0.1) is 10.0 Å². The molecule has 0 spiro atoms. The molecule has 2 N–H and O–H groups in total. The lowest BCUT2D eigenvalue weighted by Gasteiger charge is -2.39. The number of hydrogen-bond acceptors (Lipinski definition) is 3. The molecule has 29 heavy (non-hydrogen) atoms. The number of hydrogen-bond donors (Lipinski definition) is 1. The van der Waals surface area contributed by atoms with Crippen molar-refractivity contribution in [3.63, 3.8) is 0 Å². The van der Waals surface area contributed by atoms with E-state index < -0.39 is 0 Å². The highest BCUT2D eigenvalue weighted by atomic mass is 35.5. The molecule has 1 fully saturated rings. The SMILES string of the molecule is Cl.NCCOc1ccc2c(c1)C(Cc1ccc(Cl)c(Cl)c1)C(N1CCCC1)CC2. The number of aryl methyl sites for hydroxylation is 1. The van der Waals surface area contributed by atoms with Crippen LogP contribution in [-0.4, -0.2) is 37.2 Å². The Labute approximate surface area is 189 Å². The third-order valence-corrected chi connectivity index (χ3v) is 6.87. The molecule has 0 radical (unpaired) electrons. The van der Waals surface area contributed by atoms with Crippen LogP contribution in [0.3, 0.4) is 0 Å². The van der Waals surface area contributed by atoms with E-state index in [1.807, 2.05) is 12.1 Å². The average molecular weight is 456 g/mol. The molecule has 0 saturated carbocycles. The van der Waals surface area contributed by atoms with E-state index in [1.54, 1.807) is 0 Å². The van der Waals surface area contributed by atoms with Gasteiger partial charge in [-0.25, -0.2) is 0 Å². The Bertz CT molecular complexity index is 824. The van der Waals surface area contributed by atoms with E-state index in [0.29, 0.717) is 35.2 Å². The van der Waals surface area contributed by atoms with Crippen molar-refractivity contribution in [2.75, 3.05) is 26.2 Å². The third-order valence-electron chi connectivity index (χ3n) is 6.13. The van der Waals surface area contributed by atoms with Crippen LogP contribution in [0.2, 0.25) is 10.0 Å². The van der Waals surface area contributed by atoms with Crippen molar-refractivity contribution in [3.05, 3.63) is 63.1 Å². The van der Waals surface area contributed by atoms with Gasteiger partial charge < -0.3 is 10.5 Å². The zero-order valence-corrected chi connectivity index (χ0v) is 18.9. The van der Waals surface area contributed by atoms with E-state index >= 15 is 0 Å². The van der Waals surface area contributed by atoms with Gasteiger partial charge in [0, 0.05) is 18.5 Å². The second-order valence-electron chi connectivity index (χ2n) is 7.91. The number of ether oxygens (including phenoxy) is 1. The molecular weight excluding hydrogens is 427 g/mol. The predicted molar refractivity (Wildman–Crippen MR) is 124 cm³/mol. The lowest BCUT2D eigenvalue weighted by molar-refractivity contribution is 0.188. The molecule has 4 rings (SSSR count). The minimum atomic E-state index is 0. The molecular formula is C23H29Cl3N2O. The Kier molecular flexibility index (Phi) is 8.12. The standard InChI is InChI=1S/C23H28Cl2N2O.ClH/c24-21-7-3-16(14-22(21)25)13-20-19-15-18(28-12-9-26)6-4-17(19)5-8-23(20)27-10-1-2-11-27;/h3-4,6-7,14-15,20,23H,1-2,5,8-13,26H2;1H. The van der Waals surface area contributed by atoms with Crippen LogP contribution in [0.1, 0.15) is 41.9 Å². The van der Waals surface area contributed by atoms with Crippen LogP contribution in [0.15, 0.2) is 36.4 Å². The fourth-order valence-electron chi connectivity index (χ4n) is 4.80. The fraction of sp³-hybridized carbons (Fsp3) is 0.478. The number of nitrogens with zero attached hydrogens (tertiary/aromatic N) is 1. The Hall–Kier alpha value is -0.970. The molecule has 2 aromatic carbocycles. The largest absolute Gasteiger partial charge is 0.492 e. The van der Waals surface area contributed by atoms with Gasteiger partial charge in [0.15, 0.2) is 0 Å². The minimum absolute atomic E-state index is 0. The van der Waals surface area contributed by atoms with Gasteiger partial charge in [-0.05, 0) is 86.1 Å². The first-order chi connectivity index (χ1) is 13.7. The molecule has 158 valence electrons. The van der Waals surface area contributed by atoms with Crippen LogP contribution in [0.5, 0.6) is 5.75 Å². The van der Waals surface area contributed by atoms with E-state index in [-0.39, 0.29) is 12.4 Å². The molecule has 1 aliphatic heterocycles. The van der Waals surface area contributed by atoms with Crippen molar-refractivity contribution in [2.45, 2.75) is 44.1 Å². The number of rotatable bonds is 6. The van der Waals surface area contributed by atoms with Crippen LogP contribution in [0.25, 0.3) is 0 Å². The van der Waals surface area contributed by atoms with E-state index in [4.69, 9.17) is 33.7 Å². The van der Waals surface area contributed by atoms with Crippen molar-refractivity contribution >= 4 is 35.6 Å². The Morgan fingerprint density at radius 3 is 2.55 bits per heavy atom. The first-order valence-corrected chi connectivity index (χ1v) is 11.0. The monoisotopic (exact) mass is 454 g/mol. The van der Waals surface area contributed by atoms with Crippen molar-refractivity contribution in [2.24, 2.45) is 5.73 Å². The maximum atomic E-state index is 6.30. The Morgan fingerprint density at radius 2 is 1.83 bits per heavy atom. The molecule has 2 aromatic rings. The van der Waals surface area contributed by atoms with Gasteiger partial charge in [0.2, 0.25) is 0 Å². The summed E-state index contributed by atoms with van der Waals surface area (Å²) in [5.74, 6) is 1.35. The molecule has 0 aromatic heterocycles. The number of nitrogens with two attached hydrogens (primary N) is 1. The van der Waals surface area contributed by atoms with Crippen molar-refractivity contribution < 1.29 is 4.74 Å². The van der Waals surface area contributed by atoms with Crippen LogP contribution in [0.4, 0.5) is 0 Å².